The Morgan fingerprint density at radius 2 is 2.07 bits per heavy atom. The predicted molar refractivity (Wildman–Crippen MR) is 101 cm³/mol. The molecule has 1 atom stereocenters. The molecule has 1 fully saturated rings. The standard InChI is InChI=1S/C20H23N5O3/c1-24-14-6-2-3-7-16(14)28-11-13(19(24)27)21-18(26)17-15-10-20(8-4-5-9-20)12-25(15)23-22-17/h2-3,6-7,13H,4-5,8-12H2,1H3,(H,21,26)/t13-/m0/s1. The lowest BCUT2D eigenvalue weighted by molar-refractivity contribution is -0.120. The molecule has 0 radical (unpaired) electrons. The SMILES string of the molecule is CN1C(=O)[C@@H](NC(=O)c2nnn3c2CC2(CCCC2)C3)COc2ccccc21. The van der Waals surface area contributed by atoms with Gasteiger partial charge in [0.05, 0.1) is 11.4 Å². The number of ether oxygens (including phenoxy) is 1. The van der Waals surface area contributed by atoms with Gasteiger partial charge >= 0.3 is 0 Å². The molecule has 0 bridgehead atoms. The van der Waals surface area contributed by atoms with E-state index in [0.717, 1.165) is 18.7 Å². The van der Waals surface area contributed by atoms with Gasteiger partial charge in [-0.1, -0.05) is 30.2 Å². The molecule has 0 saturated heterocycles. The van der Waals surface area contributed by atoms with Crippen LogP contribution < -0.4 is 15.0 Å². The predicted octanol–water partition coefficient (Wildman–Crippen LogP) is 1.55. The number of anilines is 1. The molecule has 1 aromatic carbocycles. The van der Waals surface area contributed by atoms with E-state index < -0.39 is 6.04 Å². The Kier molecular flexibility index (Phi) is 3.89. The monoisotopic (exact) mass is 381 g/mol. The van der Waals surface area contributed by atoms with Gasteiger partial charge in [0.25, 0.3) is 11.8 Å². The molecule has 2 aromatic rings. The van der Waals surface area contributed by atoms with Crippen LogP contribution in [0.2, 0.25) is 0 Å². The highest BCUT2D eigenvalue weighted by Gasteiger charge is 2.43. The van der Waals surface area contributed by atoms with E-state index in [-0.39, 0.29) is 23.8 Å². The molecule has 146 valence electrons. The van der Waals surface area contributed by atoms with E-state index in [1.165, 1.54) is 30.6 Å². The fraction of sp³-hybridized carbons (Fsp3) is 0.500. The van der Waals surface area contributed by atoms with Crippen LogP contribution in [0.1, 0.15) is 41.9 Å². The van der Waals surface area contributed by atoms with Crippen molar-refractivity contribution in [2.75, 3.05) is 18.6 Å². The number of aromatic nitrogens is 3. The Morgan fingerprint density at radius 1 is 1.29 bits per heavy atom. The van der Waals surface area contributed by atoms with Crippen molar-refractivity contribution in [3.05, 3.63) is 35.7 Å². The number of fused-ring (bicyclic) bond motifs is 2. The molecule has 3 aliphatic rings. The number of rotatable bonds is 2. The Bertz CT molecular complexity index is 947. The van der Waals surface area contributed by atoms with Crippen LogP contribution in [0.25, 0.3) is 0 Å². The number of carbonyl (C=O) groups is 2. The van der Waals surface area contributed by atoms with Crippen LogP contribution in [-0.2, 0) is 17.8 Å². The zero-order valence-corrected chi connectivity index (χ0v) is 15.9. The highest BCUT2D eigenvalue weighted by molar-refractivity contribution is 6.03. The van der Waals surface area contributed by atoms with Crippen molar-refractivity contribution in [2.45, 2.75) is 44.7 Å². The fourth-order valence-electron chi connectivity index (χ4n) is 4.78. The number of carbonyl (C=O) groups excluding carboxylic acids is 2. The maximum atomic E-state index is 12.9. The summed E-state index contributed by atoms with van der Waals surface area (Å²) in [6, 6.07) is 6.57. The Morgan fingerprint density at radius 3 is 2.89 bits per heavy atom. The zero-order chi connectivity index (χ0) is 19.3. The lowest BCUT2D eigenvalue weighted by Gasteiger charge is -2.21. The van der Waals surface area contributed by atoms with Gasteiger partial charge in [0, 0.05) is 13.6 Å². The van der Waals surface area contributed by atoms with Gasteiger partial charge in [-0.25, -0.2) is 4.68 Å². The first-order valence-electron chi connectivity index (χ1n) is 9.79. The topological polar surface area (TPSA) is 89.4 Å². The average molecular weight is 381 g/mol. The van der Waals surface area contributed by atoms with Crippen LogP contribution in [-0.4, -0.2) is 46.5 Å². The molecule has 1 N–H and O–H groups in total. The number of hydrogen-bond donors (Lipinski definition) is 1. The number of benzene rings is 1. The van der Waals surface area contributed by atoms with Crippen LogP contribution in [0.5, 0.6) is 5.75 Å². The summed E-state index contributed by atoms with van der Waals surface area (Å²) < 4.78 is 7.64. The third-order valence-electron chi connectivity index (χ3n) is 6.31. The van der Waals surface area contributed by atoms with Gasteiger partial charge in [-0.2, -0.15) is 0 Å². The van der Waals surface area contributed by atoms with Crippen LogP contribution >= 0.6 is 0 Å². The van der Waals surface area contributed by atoms with Gasteiger partial charge in [0.1, 0.15) is 18.4 Å². The molecule has 3 heterocycles. The minimum atomic E-state index is -0.774. The largest absolute Gasteiger partial charge is 0.489 e. The van der Waals surface area contributed by atoms with Crippen molar-refractivity contribution < 1.29 is 14.3 Å². The number of hydrogen-bond acceptors (Lipinski definition) is 5. The third kappa shape index (κ3) is 2.66. The maximum Gasteiger partial charge on any atom is 0.274 e. The Balaban J connectivity index is 1.34. The fourth-order valence-corrected chi connectivity index (χ4v) is 4.78. The van der Waals surface area contributed by atoms with Crippen molar-refractivity contribution in [3.8, 4) is 5.75 Å². The molecule has 1 aromatic heterocycles. The van der Waals surface area contributed by atoms with E-state index in [1.54, 1.807) is 7.05 Å². The summed E-state index contributed by atoms with van der Waals surface area (Å²) in [7, 11) is 1.69. The lowest BCUT2D eigenvalue weighted by atomic mass is 9.84. The molecule has 2 amide bonds. The number of para-hydroxylation sites is 2. The van der Waals surface area contributed by atoms with Crippen molar-refractivity contribution in [1.82, 2.24) is 20.3 Å². The third-order valence-corrected chi connectivity index (χ3v) is 6.31. The molecule has 8 heteroatoms. The molecule has 1 saturated carbocycles. The molecule has 8 nitrogen and oxygen atoms in total. The smallest absolute Gasteiger partial charge is 0.274 e. The van der Waals surface area contributed by atoms with Crippen molar-refractivity contribution in [3.63, 3.8) is 0 Å². The zero-order valence-electron chi connectivity index (χ0n) is 15.9. The average Bonchev–Trinajstić information content (AvgIpc) is 3.39. The Labute approximate surface area is 162 Å². The summed E-state index contributed by atoms with van der Waals surface area (Å²) in [5.41, 5.74) is 2.15. The van der Waals surface area contributed by atoms with E-state index in [1.807, 2.05) is 28.9 Å². The molecule has 28 heavy (non-hydrogen) atoms. The molecule has 5 rings (SSSR count). The highest BCUT2D eigenvalue weighted by atomic mass is 16.5. The summed E-state index contributed by atoms with van der Waals surface area (Å²) in [5.74, 6) is 0.0507. The number of nitrogens with one attached hydrogen (secondary N) is 1. The first kappa shape index (κ1) is 17.2. The minimum Gasteiger partial charge on any atom is -0.489 e. The molecule has 1 spiro atoms. The minimum absolute atomic E-state index is 0.0827. The maximum absolute atomic E-state index is 12.9. The second-order valence-electron chi connectivity index (χ2n) is 8.13. The van der Waals surface area contributed by atoms with Crippen LogP contribution in [0.3, 0.4) is 0 Å². The number of amides is 2. The van der Waals surface area contributed by atoms with E-state index >= 15 is 0 Å². The van der Waals surface area contributed by atoms with E-state index in [0.29, 0.717) is 17.1 Å². The summed E-state index contributed by atoms with van der Waals surface area (Å²) in [5, 5.41) is 11.1. The molecule has 2 aliphatic heterocycles. The molecule has 1 aliphatic carbocycles. The van der Waals surface area contributed by atoms with Crippen LogP contribution in [0.15, 0.2) is 24.3 Å². The van der Waals surface area contributed by atoms with E-state index in [9.17, 15) is 9.59 Å². The van der Waals surface area contributed by atoms with Gasteiger partial charge in [0.2, 0.25) is 0 Å². The van der Waals surface area contributed by atoms with Crippen molar-refractivity contribution in [2.24, 2.45) is 5.41 Å². The quantitative estimate of drug-likeness (QED) is 0.853. The van der Waals surface area contributed by atoms with E-state index in [2.05, 4.69) is 15.6 Å². The summed E-state index contributed by atoms with van der Waals surface area (Å²) in [4.78, 5) is 27.3. The summed E-state index contributed by atoms with van der Waals surface area (Å²) in [6.45, 7) is 0.922. The van der Waals surface area contributed by atoms with Gasteiger partial charge in [-0.05, 0) is 36.8 Å². The second-order valence-corrected chi connectivity index (χ2v) is 8.13. The first-order valence-corrected chi connectivity index (χ1v) is 9.79. The first-order chi connectivity index (χ1) is 13.6. The summed E-state index contributed by atoms with van der Waals surface area (Å²) in [6.07, 6.45) is 5.66. The molecular formula is C20H23N5O3. The highest BCUT2D eigenvalue weighted by Crippen LogP contribution is 2.46. The Hall–Kier alpha value is -2.90. The number of likely N-dealkylation sites (N-methyl/N-ethyl adjacent to an activating group) is 1. The number of nitrogens with zero attached hydrogens (tertiary/aromatic N) is 4. The van der Waals surface area contributed by atoms with Crippen LogP contribution in [0.4, 0.5) is 5.69 Å². The van der Waals surface area contributed by atoms with Gasteiger partial charge in [-0.3, -0.25) is 9.59 Å². The second kappa shape index (κ2) is 6.32. The van der Waals surface area contributed by atoms with Crippen molar-refractivity contribution in [1.29, 1.82) is 0 Å². The van der Waals surface area contributed by atoms with Crippen molar-refractivity contribution >= 4 is 17.5 Å². The summed E-state index contributed by atoms with van der Waals surface area (Å²) >= 11 is 0. The van der Waals surface area contributed by atoms with Gasteiger partial charge in [-0.15, -0.1) is 5.10 Å². The van der Waals surface area contributed by atoms with Crippen LogP contribution in [0, 0.1) is 5.41 Å². The van der Waals surface area contributed by atoms with Gasteiger partial charge in [0.15, 0.2) is 5.69 Å². The van der Waals surface area contributed by atoms with Gasteiger partial charge < -0.3 is 15.0 Å². The normalized spacial score (nSPS) is 22.5. The molecular weight excluding hydrogens is 358 g/mol. The lowest BCUT2D eigenvalue weighted by Crippen LogP contribution is -2.49. The van der Waals surface area contributed by atoms with E-state index in [4.69, 9.17) is 4.74 Å². The molecule has 0 unspecified atom stereocenters.